The first-order chi connectivity index (χ1) is 16.5. The van der Waals surface area contributed by atoms with Crippen LogP contribution in [0.4, 0.5) is 0 Å². The van der Waals surface area contributed by atoms with Crippen molar-refractivity contribution in [1.82, 2.24) is 4.57 Å². The van der Waals surface area contributed by atoms with Gasteiger partial charge in [-0.25, -0.2) is 4.99 Å². The Balaban J connectivity index is 1.66. The van der Waals surface area contributed by atoms with E-state index in [1.807, 2.05) is 30.3 Å². The highest BCUT2D eigenvalue weighted by atomic mass is 79.9. The van der Waals surface area contributed by atoms with Crippen molar-refractivity contribution in [2.45, 2.75) is 18.9 Å². The van der Waals surface area contributed by atoms with Crippen LogP contribution < -0.4 is 14.9 Å². The van der Waals surface area contributed by atoms with Crippen LogP contribution in [0, 0.1) is 0 Å². The Morgan fingerprint density at radius 2 is 1.88 bits per heavy atom. The van der Waals surface area contributed by atoms with Gasteiger partial charge in [0.15, 0.2) is 4.80 Å². The molecule has 0 saturated heterocycles. The summed E-state index contributed by atoms with van der Waals surface area (Å²) in [4.78, 5) is 19.4. The van der Waals surface area contributed by atoms with E-state index in [1.165, 1.54) is 16.9 Å². The van der Waals surface area contributed by atoms with Crippen molar-refractivity contribution in [2.75, 3.05) is 0 Å². The van der Waals surface area contributed by atoms with Crippen molar-refractivity contribution in [3.05, 3.63) is 124 Å². The van der Waals surface area contributed by atoms with E-state index in [4.69, 9.17) is 16.6 Å². The summed E-state index contributed by atoms with van der Waals surface area (Å²) in [6.07, 6.45) is 3.42. The lowest BCUT2D eigenvalue weighted by Crippen LogP contribution is -2.38. The predicted octanol–water partition coefficient (Wildman–Crippen LogP) is 5.44. The molecule has 6 rings (SSSR count). The summed E-state index contributed by atoms with van der Waals surface area (Å²) in [5, 5.41) is 11.0. The maximum Gasteiger partial charge on any atom is 0.271 e. The van der Waals surface area contributed by atoms with Gasteiger partial charge in [0, 0.05) is 20.6 Å². The number of halogens is 2. The zero-order valence-corrected chi connectivity index (χ0v) is 21.0. The standard InChI is InChI=1S/C27H18BrClN2O2S/c28-17-10-12-22(32)16(13-17)14-23-26(33)31-25(19-7-3-4-8-21(19)29)20-11-9-15-5-1-2-6-18(15)24(20)30-27(31)34-23/h1-8,10,12-14,25,32H,9,11H2. The van der Waals surface area contributed by atoms with Gasteiger partial charge in [-0.2, -0.15) is 0 Å². The van der Waals surface area contributed by atoms with Crippen molar-refractivity contribution in [1.29, 1.82) is 0 Å². The van der Waals surface area contributed by atoms with Gasteiger partial charge in [0.1, 0.15) is 5.75 Å². The van der Waals surface area contributed by atoms with E-state index >= 15 is 0 Å². The molecule has 1 aliphatic heterocycles. The molecule has 7 heteroatoms. The number of nitrogens with zero attached hydrogens (tertiary/aromatic N) is 2. The molecule has 168 valence electrons. The van der Waals surface area contributed by atoms with Crippen LogP contribution in [0.5, 0.6) is 5.75 Å². The lowest BCUT2D eigenvalue weighted by Gasteiger charge is -2.31. The van der Waals surface area contributed by atoms with Crippen LogP contribution in [0.1, 0.15) is 34.7 Å². The van der Waals surface area contributed by atoms with Gasteiger partial charge < -0.3 is 5.11 Å². The van der Waals surface area contributed by atoms with Crippen LogP contribution in [-0.4, -0.2) is 9.67 Å². The molecule has 1 N–H and O–H groups in total. The number of aryl methyl sites for hydroxylation is 1. The first-order valence-corrected chi connectivity index (χ1v) is 12.9. The van der Waals surface area contributed by atoms with Crippen LogP contribution in [0.25, 0.3) is 11.8 Å². The molecule has 1 aliphatic carbocycles. The molecule has 0 fully saturated rings. The zero-order valence-electron chi connectivity index (χ0n) is 17.8. The monoisotopic (exact) mass is 548 g/mol. The van der Waals surface area contributed by atoms with Crippen molar-refractivity contribution in [3.8, 4) is 5.75 Å². The largest absolute Gasteiger partial charge is 0.507 e. The second-order valence-electron chi connectivity index (χ2n) is 8.34. The third-order valence-corrected chi connectivity index (χ3v) is 8.17. The first kappa shape index (κ1) is 21.6. The van der Waals surface area contributed by atoms with Gasteiger partial charge in [-0.05, 0) is 59.9 Å². The second-order valence-corrected chi connectivity index (χ2v) is 10.7. The molecule has 2 heterocycles. The molecule has 1 atom stereocenters. The smallest absolute Gasteiger partial charge is 0.271 e. The Hall–Kier alpha value is -2.93. The van der Waals surface area contributed by atoms with Gasteiger partial charge in [0.2, 0.25) is 0 Å². The molecule has 3 aromatic carbocycles. The highest BCUT2D eigenvalue weighted by Gasteiger charge is 2.33. The lowest BCUT2D eigenvalue weighted by atomic mass is 9.83. The Morgan fingerprint density at radius 1 is 1.09 bits per heavy atom. The van der Waals surface area contributed by atoms with Crippen LogP contribution in [0.2, 0.25) is 5.02 Å². The molecular weight excluding hydrogens is 532 g/mol. The summed E-state index contributed by atoms with van der Waals surface area (Å²) in [7, 11) is 0. The maximum absolute atomic E-state index is 13.8. The summed E-state index contributed by atoms with van der Waals surface area (Å²) < 4.78 is 3.10. The van der Waals surface area contributed by atoms with Crippen molar-refractivity contribution in [3.63, 3.8) is 0 Å². The van der Waals surface area contributed by atoms with Gasteiger partial charge in [-0.1, -0.05) is 81.3 Å². The van der Waals surface area contributed by atoms with Crippen LogP contribution in [0.15, 0.2) is 86.6 Å². The third-order valence-electron chi connectivity index (χ3n) is 6.35. The molecule has 0 bridgehead atoms. The molecular formula is C27H18BrClN2O2S. The quantitative estimate of drug-likeness (QED) is 0.362. The predicted molar refractivity (Wildman–Crippen MR) is 140 cm³/mol. The Kier molecular flexibility index (Phi) is 5.32. The van der Waals surface area contributed by atoms with E-state index in [9.17, 15) is 9.90 Å². The van der Waals surface area contributed by atoms with Gasteiger partial charge in [0.25, 0.3) is 5.56 Å². The SMILES string of the molecule is O=c1c(=Cc2cc(Br)ccc2O)sc2n1C(c1ccccc1Cl)C1=C(N=2)c2ccccc2CC1. The number of phenolic OH excluding ortho intramolecular Hbond substituents is 1. The minimum atomic E-state index is -0.327. The molecule has 34 heavy (non-hydrogen) atoms. The fourth-order valence-electron chi connectivity index (χ4n) is 4.78. The topological polar surface area (TPSA) is 54.6 Å². The van der Waals surface area contributed by atoms with E-state index in [2.05, 4.69) is 34.1 Å². The van der Waals surface area contributed by atoms with E-state index in [0.29, 0.717) is 19.9 Å². The molecule has 0 saturated carbocycles. The minimum absolute atomic E-state index is 0.116. The average molecular weight is 550 g/mol. The molecule has 1 aromatic heterocycles. The Bertz CT molecular complexity index is 1690. The summed E-state index contributed by atoms with van der Waals surface area (Å²) >= 11 is 11.4. The van der Waals surface area contributed by atoms with Crippen molar-refractivity contribution >= 4 is 50.6 Å². The van der Waals surface area contributed by atoms with Gasteiger partial charge in [0.05, 0.1) is 16.3 Å². The minimum Gasteiger partial charge on any atom is -0.507 e. The fraction of sp³-hybridized carbons (Fsp3) is 0.111. The average Bonchev–Trinajstić information content (AvgIpc) is 3.15. The van der Waals surface area contributed by atoms with Crippen molar-refractivity contribution in [2.24, 2.45) is 4.99 Å². The highest BCUT2D eigenvalue weighted by molar-refractivity contribution is 9.10. The number of hydrogen-bond acceptors (Lipinski definition) is 4. The normalized spacial score (nSPS) is 17.1. The molecule has 0 amide bonds. The van der Waals surface area contributed by atoms with Gasteiger partial charge in [-0.3, -0.25) is 9.36 Å². The molecule has 4 nitrogen and oxygen atoms in total. The molecule has 4 aromatic rings. The van der Waals surface area contributed by atoms with E-state index in [1.54, 1.807) is 28.8 Å². The number of rotatable bonds is 2. The van der Waals surface area contributed by atoms with Crippen LogP contribution >= 0.6 is 38.9 Å². The fourth-order valence-corrected chi connectivity index (χ4v) is 6.39. The van der Waals surface area contributed by atoms with E-state index < -0.39 is 0 Å². The summed E-state index contributed by atoms with van der Waals surface area (Å²) in [5.74, 6) is 0.116. The first-order valence-electron chi connectivity index (χ1n) is 10.9. The van der Waals surface area contributed by atoms with E-state index in [-0.39, 0.29) is 17.4 Å². The van der Waals surface area contributed by atoms with E-state index in [0.717, 1.165) is 39.7 Å². The highest BCUT2D eigenvalue weighted by Crippen LogP contribution is 2.42. The van der Waals surface area contributed by atoms with Gasteiger partial charge in [-0.15, -0.1) is 0 Å². The zero-order chi connectivity index (χ0) is 23.4. The summed E-state index contributed by atoms with van der Waals surface area (Å²) in [6, 6.07) is 20.9. The molecule has 0 radical (unpaired) electrons. The maximum atomic E-state index is 13.8. The summed E-state index contributed by atoms with van der Waals surface area (Å²) in [5.41, 5.74) is 5.75. The number of thiazole rings is 1. The molecule has 1 unspecified atom stereocenters. The number of phenols is 1. The van der Waals surface area contributed by atoms with Crippen molar-refractivity contribution < 1.29 is 5.11 Å². The number of fused-ring (bicyclic) bond motifs is 3. The Morgan fingerprint density at radius 3 is 2.74 bits per heavy atom. The number of hydrogen-bond donors (Lipinski definition) is 1. The lowest BCUT2D eigenvalue weighted by molar-refractivity contribution is 0.474. The van der Waals surface area contributed by atoms with Gasteiger partial charge >= 0.3 is 0 Å². The molecule has 0 spiro atoms. The van der Waals surface area contributed by atoms with Crippen LogP contribution in [-0.2, 0) is 6.42 Å². The number of aromatic hydroxyl groups is 1. The third kappa shape index (κ3) is 3.49. The molecule has 2 aliphatic rings. The Labute approximate surface area is 212 Å². The number of benzene rings is 3. The number of allylic oxidation sites excluding steroid dienone is 1. The second kappa shape index (κ2) is 8.38. The number of aromatic nitrogens is 1. The van der Waals surface area contributed by atoms with Crippen LogP contribution in [0.3, 0.4) is 0 Å². The summed E-state index contributed by atoms with van der Waals surface area (Å²) in [6.45, 7) is 0.